The molecule has 1 saturated heterocycles. The van der Waals surface area contributed by atoms with Crippen LogP contribution in [0.4, 0.5) is 0 Å². The molecule has 0 aromatic heterocycles. The molecular formula is C17H28N2. The number of nitrogens with zero attached hydrogens (tertiary/aromatic N) is 1. The maximum absolute atomic E-state index is 6.26. The number of nitrogens with two attached hydrogens (primary N) is 1. The highest BCUT2D eigenvalue weighted by molar-refractivity contribution is 5.20. The Kier molecular flexibility index (Phi) is 4.64. The Labute approximate surface area is 118 Å². The lowest BCUT2D eigenvalue weighted by molar-refractivity contribution is 0.0721. The molecule has 1 aliphatic heterocycles. The van der Waals surface area contributed by atoms with Gasteiger partial charge in [-0.3, -0.25) is 4.90 Å². The Morgan fingerprint density at radius 3 is 2.26 bits per heavy atom. The molecule has 1 heterocycles. The van der Waals surface area contributed by atoms with E-state index in [0.29, 0.717) is 11.5 Å². The number of piperidine rings is 1. The first-order chi connectivity index (χ1) is 9.06. The van der Waals surface area contributed by atoms with E-state index in [1.165, 1.54) is 37.9 Å². The van der Waals surface area contributed by atoms with E-state index in [0.717, 1.165) is 0 Å². The minimum absolute atomic E-state index is 0.174. The van der Waals surface area contributed by atoms with Crippen LogP contribution in [0.15, 0.2) is 30.3 Å². The third-order valence-corrected chi connectivity index (χ3v) is 4.89. The summed E-state index contributed by atoms with van der Waals surface area (Å²) in [6.07, 6.45) is 3.87. The SMILES string of the molecule is CCC1(C)CCN(C(c2ccccc2)C(C)N)CC1. The minimum Gasteiger partial charge on any atom is -0.326 e. The molecule has 0 bridgehead atoms. The van der Waals surface area contributed by atoms with E-state index in [1.54, 1.807) is 0 Å². The van der Waals surface area contributed by atoms with E-state index in [9.17, 15) is 0 Å². The van der Waals surface area contributed by atoms with Gasteiger partial charge in [-0.1, -0.05) is 50.6 Å². The van der Waals surface area contributed by atoms with Crippen LogP contribution in [0.25, 0.3) is 0 Å². The molecule has 0 saturated carbocycles. The first-order valence-corrected chi connectivity index (χ1v) is 7.60. The fraction of sp³-hybridized carbons (Fsp3) is 0.647. The van der Waals surface area contributed by atoms with Gasteiger partial charge in [0.25, 0.3) is 0 Å². The van der Waals surface area contributed by atoms with Gasteiger partial charge in [0.05, 0.1) is 0 Å². The summed E-state index contributed by atoms with van der Waals surface area (Å²) in [6, 6.07) is 11.3. The summed E-state index contributed by atoms with van der Waals surface area (Å²) >= 11 is 0. The lowest BCUT2D eigenvalue weighted by Gasteiger charge is -2.43. The Bertz CT molecular complexity index is 378. The second-order valence-corrected chi connectivity index (χ2v) is 6.41. The van der Waals surface area contributed by atoms with Gasteiger partial charge in [-0.05, 0) is 43.8 Å². The Hall–Kier alpha value is -0.860. The molecule has 0 radical (unpaired) electrons. The summed E-state index contributed by atoms with van der Waals surface area (Å²) in [7, 11) is 0. The highest BCUT2D eigenvalue weighted by Gasteiger charge is 2.33. The van der Waals surface area contributed by atoms with Crippen molar-refractivity contribution < 1.29 is 0 Å². The van der Waals surface area contributed by atoms with E-state index in [4.69, 9.17) is 5.73 Å². The van der Waals surface area contributed by atoms with Crippen molar-refractivity contribution in [1.82, 2.24) is 4.90 Å². The van der Waals surface area contributed by atoms with E-state index in [-0.39, 0.29) is 6.04 Å². The van der Waals surface area contributed by atoms with Gasteiger partial charge in [0.1, 0.15) is 0 Å². The molecular weight excluding hydrogens is 232 g/mol. The van der Waals surface area contributed by atoms with E-state index < -0.39 is 0 Å². The topological polar surface area (TPSA) is 29.3 Å². The van der Waals surface area contributed by atoms with Crippen molar-refractivity contribution in [2.45, 2.75) is 52.1 Å². The van der Waals surface area contributed by atoms with Crippen molar-refractivity contribution in [2.75, 3.05) is 13.1 Å². The zero-order valence-electron chi connectivity index (χ0n) is 12.6. The molecule has 0 spiro atoms. The smallest absolute Gasteiger partial charge is 0.0496 e. The molecule has 2 heteroatoms. The van der Waals surface area contributed by atoms with Gasteiger partial charge in [0.15, 0.2) is 0 Å². The molecule has 1 aromatic rings. The van der Waals surface area contributed by atoms with Crippen LogP contribution in [0.1, 0.15) is 51.6 Å². The van der Waals surface area contributed by atoms with Crippen LogP contribution in [0.2, 0.25) is 0 Å². The molecule has 0 aliphatic carbocycles. The van der Waals surface area contributed by atoms with Gasteiger partial charge in [-0.15, -0.1) is 0 Å². The van der Waals surface area contributed by atoms with Crippen molar-refractivity contribution in [2.24, 2.45) is 11.1 Å². The monoisotopic (exact) mass is 260 g/mol. The van der Waals surface area contributed by atoms with Crippen LogP contribution in [0.3, 0.4) is 0 Å². The van der Waals surface area contributed by atoms with Crippen molar-refractivity contribution in [3.63, 3.8) is 0 Å². The summed E-state index contributed by atoms with van der Waals surface area (Å²) in [5.74, 6) is 0. The number of likely N-dealkylation sites (tertiary alicyclic amines) is 1. The van der Waals surface area contributed by atoms with Crippen molar-refractivity contribution in [3.8, 4) is 0 Å². The van der Waals surface area contributed by atoms with Gasteiger partial charge >= 0.3 is 0 Å². The van der Waals surface area contributed by atoms with Crippen LogP contribution in [0, 0.1) is 5.41 Å². The molecule has 19 heavy (non-hydrogen) atoms. The Balaban J connectivity index is 2.10. The number of hydrogen-bond donors (Lipinski definition) is 1. The lowest BCUT2D eigenvalue weighted by atomic mass is 9.77. The molecule has 2 rings (SSSR count). The van der Waals surface area contributed by atoms with Gasteiger partial charge in [-0.25, -0.2) is 0 Å². The van der Waals surface area contributed by atoms with Crippen LogP contribution in [-0.4, -0.2) is 24.0 Å². The Morgan fingerprint density at radius 1 is 1.21 bits per heavy atom. The highest BCUT2D eigenvalue weighted by atomic mass is 15.2. The van der Waals surface area contributed by atoms with E-state index in [2.05, 4.69) is 56.0 Å². The molecule has 2 atom stereocenters. The van der Waals surface area contributed by atoms with Crippen LogP contribution in [0.5, 0.6) is 0 Å². The molecule has 1 aromatic carbocycles. The fourth-order valence-electron chi connectivity index (χ4n) is 3.19. The molecule has 0 amide bonds. The third-order valence-electron chi connectivity index (χ3n) is 4.89. The minimum atomic E-state index is 0.174. The molecule has 1 fully saturated rings. The maximum atomic E-state index is 6.26. The van der Waals surface area contributed by atoms with Gasteiger partial charge in [-0.2, -0.15) is 0 Å². The predicted octanol–water partition coefficient (Wildman–Crippen LogP) is 3.59. The molecule has 2 N–H and O–H groups in total. The normalized spacial score (nSPS) is 22.9. The summed E-state index contributed by atoms with van der Waals surface area (Å²) < 4.78 is 0. The summed E-state index contributed by atoms with van der Waals surface area (Å²) in [5, 5.41) is 0. The summed E-state index contributed by atoms with van der Waals surface area (Å²) in [4.78, 5) is 2.58. The summed E-state index contributed by atoms with van der Waals surface area (Å²) in [5.41, 5.74) is 8.15. The Morgan fingerprint density at radius 2 is 1.79 bits per heavy atom. The second kappa shape index (κ2) is 6.06. The molecule has 2 nitrogen and oxygen atoms in total. The number of hydrogen-bond acceptors (Lipinski definition) is 2. The van der Waals surface area contributed by atoms with E-state index >= 15 is 0 Å². The number of benzene rings is 1. The highest BCUT2D eigenvalue weighted by Crippen LogP contribution is 2.37. The fourth-order valence-corrected chi connectivity index (χ4v) is 3.19. The van der Waals surface area contributed by atoms with Crippen LogP contribution >= 0.6 is 0 Å². The third kappa shape index (κ3) is 3.37. The van der Waals surface area contributed by atoms with Gasteiger partial charge in [0, 0.05) is 12.1 Å². The van der Waals surface area contributed by atoms with Gasteiger partial charge in [0.2, 0.25) is 0 Å². The zero-order valence-corrected chi connectivity index (χ0v) is 12.6. The van der Waals surface area contributed by atoms with Crippen molar-refractivity contribution >= 4 is 0 Å². The van der Waals surface area contributed by atoms with Crippen molar-refractivity contribution in [3.05, 3.63) is 35.9 Å². The first kappa shape index (κ1) is 14.5. The van der Waals surface area contributed by atoms with E-state index in [1.807, 2.05) is 0 Å². The van der Waals surface area contributed by atoms with Gasteiger partial charge < -0.3 is 5.73 Å². The quantitative estimate of drug-likeness (QED) is 0.896. The standard InChI is InChI=1S/C17H28N2/c1-4-17(3)10-12-19(13-11-17)16(14(2)18)15-8-6-5-7-9-15/h5-9,14,16H,4,10-13,18H2,1-3H3. The molecule has 1 aliphatic rings. The van der Waals surface area contributed by atoms with Crippen LogP contribution < -0.4 is 5.73 Å². The average Bonchev–Trinajstić information content (AvgIpc) is 2.42. The maximum Gasteiger partial charge on any atom is 0.0496 e. The number of rotatable bonds is 4. The zero-order chi connectivity index (χ0) is 13.9. The summed E-state index contributed by atoms with van der Waals surface area (Å²) in [6.45, 7) is 9.21. The van der Waals surface area contributed by atoms with Crippen molar-refractivity contribution in [1.29, 1.82) is 0 Å². The molecule has 2 unspecified atom stereocenters. The van der Waals surface area contributed by atoms with Crippen LogP contribution in [-0.2, 0) is 0 Å². The predicted molar refractivity (Wildman–Crippen MR) is 82.0 cm³/mol. The largest absolute Gasteiger partial charge is 0.326 e. The molecule has 106 valence electrons. The first-order valence-electron chi connectivity index (χ1n) is 7.60. The average molecular weight is 260 g/mol. The lowest BCUT2D eigenvalue weighted by Crippen LogP contribution is -2.45. The second-order valence-electron chi connectivity index (χ2n) is 6.41.